The van der Waals surface area contributed by atoms with Crippen LogP contribution in [0.1, 0.15) is 5.56 Å². The predicted molar refractivity (Wildman–Crippen MR) is 63.2 cm³/mol. The number of rotatable bonds is 3. The summed E-state index contributed by atoms with van der Waals surface area (Å²) in [5, 5.41) is 0. The first kappa shape index (κ1) is 13.1. The van der Waals surface area contributed by atoms with Gasteiger partial charge in [0.2, 0.25) is 0 Å². The lowest BCUT2D eigenvalue weighted by Gasteiger charge is -2.07. The van der Waals surface area contributed by atoms with E-state index in [1.807, 2.05) is 0 Å². The minimum atomic E-state index is -0.748. The zero-order chi connectivity index (χ0) is 14.0. The van der Waals surface area contributed by atoms with Crippen molar-refractivity contribution >= 4 is 6.47 Å². The third-order valence-corrected chi connectivity index (χ3v) is 2.72. The summed E-state index contributed by atoms with van der Waals surface area (Å²) in [6, 6.07) is 5.70. The fourth-order valence-corrected chi connectivity index (χ4v) is 1.66. The molecule has 0 saturated heterocycles. The molecule has 0 atom stereocenters. The largest absolute Gasteiger partial charge is 0.429 e. The molecule has 2 nitrogen and oxygen atoms in total. The number of hydrogen-bond acceptors (Lipinski definition) is 2. The van der Waals surface area contributed by atoms with Crippen molar-refractivity contribution in [2.45, 2.75) is 6.92 Å². The molecule has 19 heavy (non-hydrogen) atoms. The van der Waals surface area contributed by atoms with E-state index in [2.05, 4.69) is 4.74 Å². The Hall–Kier alpha value is -2.30. The topological polar surface area (TPSA) is 26.3 Å². The smallest absolute Gasteiger partial charge is 0.298 e. The molecule has 0 aliphatic heterocycles. The predicted octanol–water partition coefficient (Wildman–Crippen LogP) is 3.61. The molecular formula is C14H9F3O2. The van der Waals surface area contributed by atoms with E-state index in [-0.39, 0.29) is 28.9 Å². The van der Waals surface area contributed by atoms with Crippen LogP contribution >= 0.6 is 0 Å². The van der Waals surface area contributed by atoms with Crippen LogP contribution in [-0.2, 0) is 4.79 Å². The van der Waals surface area contributed by atoms with Gasteiger partial charge in [0.1, 0.15) is 23.2 Å². The lowest BCUT2D eigenvalue weighted by atomic mass is 10.0. The Morgan fingerprint density at radius 3 is 2.16 bits per heavy atom. The van der Waals surface area contributed by atoms with Crippen LogP contribution in [0, 0.1) is 24.4 Å². The molecule has 0 radical (unpaired) electrons. The van der Waals surface area contributed by atoms with E-state index in [0.717, 1.165) is 18.2 Å². The van der Waals surface area contributed by atoms with Crippen molar-refractivity contribution in [1.29, 1.82) is 0 Å². The fraction of sp³-hybridized carbons (Fsp3) is 0.0714. The highest BCUT2D eigenvalue weighted by atomic mass is 19.1. The molecule has 0 aliphatic carbocycles. The summed E-state index contributed by atoms with van der Waals surface area (Å²) >= 11 is 0. The number of carbonyl (C=O) groups excluding carboxylic acids is 1. The van der Waals surface area contributed by atoms with Crippen molar-refractivity contribution in [3.63, 3.8) is 0 Å². The lowest BCUT2D eigenvalue weighted by molar-refractivity contribution is -0.120. The van der Waals surface area contributed by atoms with Crippen molar-refractivity contribution in [2.75, 3.05) is 0 Å². The number of hydrogen-bond donors (Lipinski definition) is 0. The van der Waals surface area contributed by atoms with E-state index >= 15 is 0 Å². The molecule has 0 amide bonds. The summed E-state index contributed by atoms with van der Waals surface area (Å²) in [6.07, 6.45) is 0. The highest BCUT2D eigenvalue weighted by Crippen LogP contribution is 2.28. The van der Waals surface area contributed by atoms with Crippen LogP contribution in [0.25, 0.3) is 11.1 Å². The summed E-state index contributed by atoms with van der Waals surface area (Å²) in [4.78, 5) is 10.1. The van der Waals surface area contributed by atoms with Gasteiger partial charge < -0.3 is 4.74 Å². The second-order valence-electron chi connectivity index (χ2n) is 3.92. The lowest BCUT2D eigenvalue weighted by Crippen LogP contribution is -1.94. The Kier molecular flexibility index (Phi) is 3.55. The minimum Gasteiger partial charge on any atom is -0.429 e. The van der Waals surface area contributed by atoms with E-state index in [4.69, 9.17) is 0 Å². The Morgan fingerprint density at radius 2 is 1.63 bits per heavy atom. The normalized spacial score (nSPS) is 10.3. The maximum atomic E-state index is 13.8. The third kappa shape index (κ3) is 2.59. The molecule has 0 heterocycles. The average Bonchev–Trinajstić information content (AvgIpc) is 2.36. The molecule has 0 aromatic heterocycles. The number of carbonyl (C=O) groups is 1. The van der Waals surface area contributed by atoms with Crippen molar-refractivity contribution in [3.8, 4) is 16.9 Å². The summed E-state index contributed by atoms with van der Waals surface area (Å²) < 4.78 is 45.1. The summed E-state index contributed by atoms with van der Waals surface area (Å²) in [6.45, 7) is 1.46. The van der Waals surface area contributed by atoms with Crippen LogP contribution in [0.4, 0.5) is 13.2 Å². The van der Waals surface area contributed by atoms with E-state index in [9.17, 15) is 18.0 Å². The van der Waals surface area contributed by atoms with E-state index in [1.54, 1.807) is 0 Å². The first-order valence-electron chi connectivity index (χ1n) is 5.39. The van der Waals surface area contributed by atoms with Crippen molar-refractivity contribution in [3.05, 3.63) is 53.3 Å². The zero-order valence-electron chi connectivity index (χ0n) is 9.91. The van der Waals surface area contributed by atoms with Gasteiger partial charge in [0.25, 0.3) is 6.47 Å². The number of ether oxygens (including phenoxy) is 1. The van der Waals surface area contributed by atoms with Gasteiger partial charge in [0, 0.05) is 17.2 Å². The Morgan fingerprint density at radius 1 is 1.00 bits per heavy atom. The van der Waals surface area contributed by atoms with Gasteiger partial charge in [0.05, 0.1) is 0 Å². The summed E-state index contributed by atoms with van der Waals surface area (Å²) in [7, 11) is 0. The van der Waals surface area contributed by atoms with Gasteiger partial charge in [-0.2, -0.15) is 0 Å². The highest BCUT2D eigenvalue weighted by molar-refractivity contribution is 5.66. The summed E-state index contributed by atoms with van der Waals surface area (Å²) in [5.74, 6) is -2.21. The SMILES string of the molecule is Cc1c(F)cc(-c2ccc(OC=O)cc2F)cc1F. The van der Waals surface area contributed by atoms with E-state index in [0.29, 0.717) is 0 Å². The van der Waals surface area contributed by atoms with E-state index < -0.39 is 17.5 Å². The number of benzene rings is 2. The minimum absolute atomic E-state index is 0.0179. The van der Waals surface area contributed by atoms with Gasteiger partial charge in [-0.3, -0.25) is 4.79 Å². The quantitative estimate of drug-likeness (QED) is 0.793. The van der Waals surface area contributed by atoms with Gasteiger partial charge in [-0.15, -0.1) is 0 Å². The Bertz CT molecular complexity index is 616. The maximum Gasteiger partial charge on any atom is 0.298 e. The van der Waals surface area contributed by atoms with Gasteiger partial charge >= 0.3 is 0 Å². The molecular weight excluding hydrogens is 257 g/mol. The average molecular weight is 266 g/mol. The molecule has 0 bridgehead atoms. The van der Waals surface area contributed by atoms with Gasteiger partial charge in [-0.1, -0.05) is 0 Å². The van der Waals surface area contributed by atoms with Crippen LogP contribution < -0.4 is 4.74 Å². The molecule has 0 N–H and O–H groups in total. The van der Waals surface area contributed by atoms with Crippen molar-refractivity contribution < 1.29 is 22.7 Å². The molecule has 0 spiro atoms. The Labute approximate surface area is 107 Å². The second kappa shape index (κ2) is 5.14. The van der Waals surface area contributed by atoms with Crippen LogP contribution in [-0.4, -0.2) is 6.47 Å². The van der Waals surface area contributed by atoms with Crippen molar-refractivity contribution in [2.24, 2.45) is 0 Å². The monoisotopic (exact) mass is 266 g/mol. The molecule has 2 rings (SSSR count). The highest BCUT2D eigenvalue weighted by Gasteiger charge is 2.12. The van der Waals surface area contributed by atoms with E-state index in [1.165, 1.54) is 19.1 Å². The fourth-order valence-electron chi connectivity index (χ4n) is 1.66. The molecule has 2 aromatic rings. The molecule has 2 aromatic carbocycles. The first-order valence-corrected chi connectivity index (χ1v) is 5.39. The second-order valence-corrected chi connectivity index (χ2v) is 3.92. The molecule has 0 unspecified atom stereocenters. The molecule has 98 valence electrons. The molecule has 0 saturated carbocycles. The number of halogens is 3. The molecule has 0 aliphatic rings. The standard InChI is InChI=1S/C14H9F3O2/c1-8-12(15)4-9(5-13(8)16)11-3-2-10(19-7-18)6-14(11)17/h2-7H,1H3. The molecule has 0 fully saturated rings. The molecule has 5 heteroatoms. The van der Waals surface area contributed by atoms with Crippen LogP contribution in [0.3, 0.4) is 0 Å². The summed E-state index contributed by atoms with van der Waals surface area (Å²) in [5.41, 5.74) is -0.0168. The van der Waals surface area contributed by atoms with Crippen molar-refractivity contribution in [1.82, 2.24) is 0 Å². The van der Waals surface area contributed by atoms with Crippen LogP contribution in [0.15, 0.2) is 30.3 Å². The van der Waals surface area contributed by atoms with Gasteiger partial charge in [0.15, 0.2) is 0 Å². The van der Waals surface area contributed by atoms with Crippen LogP contribution in [0.5, 0.6) is 5.75 Å². The van der Waals surface area contributed by atoms with Gasteiger partial charge in [-0.25, -0.2) is 13.2 Å². The van der Waals surface area contributed by atoms with Gasteiger partial charge in [-0.05, 0) is 36.8 Å². The van der Waals surface area contributed by atoms with Crippen LogP contribution in [0.2, 0.25) is 0 Å². The first-order chi connectivity index (χ1) is 9.02. The third-order valence-electron chi connectivity index (χ3n) is 2.72. The Balaban J connectivity index is 2.50. The zero-order valence-corrected chi connectivity index (χ0v) is 9.91. The maximum absolute atomic E-state index is 13.8.